The van der Waals surface area contributed by atoms with Crippen LogP contribution in [0.15, 0.2) is 18.2 Å². The zero-order chi connectivity index (χ0) is 14.3. The van der Waals surface area contributed by atoms with Gasteiger partial charge >= 0.3 is 0 Å². The molecule has 0 bridgehead atoms. The summed E-state index contributed by atoms with van der Waals surface area (Å²) in [6, 6.07) is 5.21. The number of rotatable bonds is 7. The normalized spacial score (nSPS) is 10.6. The Kier molecular flexibility index (Phi) is 6.71. The maximum Gasteiger partial charge on any atom is 0.227 e. The average Bonchev–Trinajstić information content (AvgIpc) is 2.38. The summed E-state index contributed by atoms with van der Waals surface area (Å²) < 4.78 is 5.23. The summed E-state index contributed by atoms with van der Waals surface area (Å²) in [7, 11) is 1.58. The van der Waals surface area contributed by atoms with Crippen LogP contribution >= 0.6 is 11.6 Å². The summed E-state index contributed by atoms with van der Waals surface area (Å²) in [6.07, 6.45) is 3.82. The van der Waals surface area contributed by atoms with E-state index in [1.165, 1.54) is 0 Å². The summed E-state index contributed by atoms with van der Waals surface area (Å²) in [4.78, 5) is 12.3. The molecule has 0 heterocycles. The lowest BCUT2D eigenvalue weighted by Gasteiger charge is -2.17. The van der Waals surface area contributed by atoms with E-state index in [0.29, 0.717) is 16.5 Å². The zero-order valence-corrected chi connectivity index (χ0v) is 12.6. The summed E-state index contributed by atoms with van der Waals surface area (Å²) >= 11 is 5.95. The fourth-order valence-electron chi connectivity index (χ4n) is 2.12. The molecule has 0 spiro atoms. The second-order valence-electron chi connectivity index (χ2n) is 4.61. The highest BCUT2D eigenvalue weighted by Gasteiger charge is 2.18. The van der Waals surface area contributed by atoms with Crippen LogP contribution < -0.4 is 10.1 Å². The van der Waals surface area contributed by atoms with Gasteiger partial charge in [-0.2, -0.15) is 0 Å². The van der Waals surface area contributed by atoms with Crippen molar-refractivity contribution in [3.8, 4) is 5.75 Å². The maximum atomic E-state index is 12.3. The molecule has 3 nitrogen and oxygen atoms in total. The molecule has 1 rings (SSSR count). The Bertz CT molecular complexity index is 415. The van der Waals surface area contributed by atoms with Gasteiger partial charge in [-0.3, -0.25) is 4.79 Å². The number of carbonyl (C=O) groups is 1. The van der Waals surface area contributed by atoms with E-state index in [0.717, 1.165) is 25.7 Å². The number of methoxy groups -OCH3 is 1. The molecule has 1 aromatic rings. The van der Waals surface area contributed by atoms with Gasteiger partial charge in [-0.05, 0) is 31.0 Å². The molecular weight excluding hydrogens is 262 g/mol. The predicted octanol–water partition coefficient (Wildman–Crippen LogP) is 4.50. The summed E-state index contributed by atoms with van der Waals surface area (Å²) in [5, 5.41) is 3.51. The lowest BCUT2D eigenvalue weighted by Crippen LogP contribution is -2.23. The Morgan fingerprint density at radius 3 is 2.47 bits per heavy atom. The highest BCUT2D eigenvalue weighted by molar-refractivity contribution is 6.31. The van der Waals surface area contributed by atoms with E-state index < -0.39 is 0 Å². The zero-order valence-electron chi connectivity index (χ0n) is 11.8. The van der Waals surface area contributed by atoms with E-state index in [1.807, 2.05) is 0 Å². The lowest BCUT2D eigenvalue weighted by molar-refractivity contribution is -0.120. The van der Waals surface area contributed by atoms with Crippen LogP contribution in [-0.4, -0.2) is 13.0 Å². The van der Waals surface area contributed by atoms with Crippen molar-refractivity contribution in [2.24, 2.45) is 5.92 Å². The Morgan fingerprint density at radius 1 is 1.32 bits per heavy atom. The van der Waals surface area contributed by atoms with E-state index in [1.54, 1.807) is 25.3 Å². The largest absolute Gasteiger partial charge is 0.495 e. The molecule has 0 radical (unpaired) electrons. The summed E-state index contributed by atoms with van der Waals surface area (Å²) in [6.45, 7) is 4.19. The van der Waals surface area contributed by atoms with Crippen molar-refractivity contribution in [3.63, 3.8) is 0 Å². The highest BCUT2D eigenvalue weighted by atomic mass is 35.5. The molecule has 0 fully saturated rings. The lowest BCUT2D eigenvalue weighted by atomic mass is 9.97. The summed E-state index contributed by atoms with van der Waals surface area (Å²) in [5.74, 6) is 0.729. The molecular formula is C15H22ClNO2. The Labute approximate surface area is 120 Å². The molecule has 0 saturated heterocycles. The van der Waals surface area contributed by atoms with Crippen LogP contribution in [0.3, 0.4) is 0 Å². The first-order valence-electron chi connectivity index (χ1n) is 6.76. The Morgan fingerprint density at radius 2 is 1.95 bits per heavy atom. The number of hydrogen-bond donors (Lipinski definition) is 1. The van der Waals surface area contributed by atoms with E-state index in [9.17, 15) is 4.79 Å². The average molecular weight is 284 g/mol. The van der Waals surface area contributed by atoms with Crippen molar-refractivity contribution in [1.82, 2.24) is 0 Å². The number of halogens is 1. The Balaban J connectivity index is 2.82. The van der Waals surface area contributed by atoms with E-state index in [4.69, 9.17) is 16.3 Å². The molecule has 1 N–H and O–H groups in total. The number of nitrogens with one attached hydrogen (secondary N) is 1. The minimum absolute atomic E-state index is 0.0456. The number of amides is 1. The first-order chi connectivity index (χ1) is 9.12. The molecule has 4 heteroatoms. The van der Waals surface area contributed by atoms with E-state index in [-0.39, 0.29) is 11.8 Å². The van der Waals surface area contributed by atoms with Crippen LogP contribution in [0.5, 0.6) is 5.75 Å². The van der Waals surface area contributed by atoms with Crippen molar-refractivity contribution in [3.05, 3.63) is 23.2 Å². The SMILES string of the molecule is CCCC(CCC)C(=O)Nc1cc(Cl)ccc1OC. The number of ether oxygens (including phenoxy) is 1. The van der Waals surface area contributed by atoms with Crippen molar-refractivity contribution in [1.29, 1.82) is 0 Å². The highest BCUT2D eigenvalue weighted by Crippen LogP contribution is 2.28. The molecule has 0 aliphatic carbocycles. The van der Waals surface area contributed by atoms with Gasteiger partial charge in [-0.15, -0.1) is 0 Å². The number of anilines is 1. The number of hydrogen-bond acceptors (Lipinski definition) is 2. The predicted molar refractivity (Wildman–Crippen MR) is 79.9 cm³/mol. The van der Waals surface area contributed by atoms with Crippen LogP contribution in [0.1, 0.15) is 39.5 Å². The van der Waals surface area contributed by atoms with E-state index in [2.05, 4.69) is 19.2 Å². The third-order valence-corrected chi connectivity index (χ3v) is 3.30. The monoisotopic (exact) mass is 283 g/mol. The van der Waals surface area contributed by atoms with Gasteiger partial charge < -0.3 is 10.1 Å². The van der Waals surface area contributed by atoms with E-state index >= 15 is 0 Å². The van der Waals surface area contributed by atoms with Crippen molar-refractivity contribution < 1.29 is 9.53 Å². The van der Waals surface area contributed by atoms with Crippen LogP contribution in [0.25, 0.3) is 0 Å². The molecule has 0 aliphatic rings. The summed E-state index contributed by atoms with van der Waals surface area (Å²) in [5.41, 5.74) is 0.636. The van der Waals surface area contributed by atoms with Gasteiger partial charge in [0.2, 0.25) is 5.91 Å². The molecule has 0 atom stereocenters. The van der Waals surface area contributed by atoms with Crippen LogP contribution in [0.4, 0.5) is 5.69 Å². The molecule has 0 aromatic heterocycles. The van der Waals surface area contributed by atoms with Crippen LogP contribution in [0.2, 0.25) is 5.02 Å². The van der Waals surface area contributed by atoms with Crippen molar-refractivity contribution in [2.75, 3.05) is 12.4 Å². The van der Waals surface area contributed by atoms with Crippen molar-refractivity contribution >= 4 is 23.2 Å². The Hall–Kier alpha value is -1.22. The van der Waals surface area contributed by atoms with Crippen molar-refractivity contribution in [2.45, 2.75) is 39.5 Å². The van der Waals surface area contributed by atoms with Crippen LogP contribution in [-0.2, 0) is 4.79 Å². The van der Waals surface area contributed by atoms with Gasteiger partial charge in [0.05, 0.1) is 12.8 Å². The van der Waals surface area contributed by atoms with Gasteiger partial charge in [0, 0.05) is 10.9 Å². The van der Waals surface area contributed by atoms with Gasteiger partial charge in [0.15, 0.2) is 0 Å². The smallest absolute Gasteiger partial charge is 0.227 e. The second-order valence-corrected chi connectivity index (χ2v) is 5.04. The molecule has 1 amide bonds. The van der Waals surface area contributed by atoms with Crippen LogP contribution in [0, 0.1) is 5.92 Å². The van der Waals surface area contributed by atoms with Gasteiger partial charge in [-0.1, -0.05) is 38.3 Å². The van der Waals surface area contributed by atoms with Gasteiger partial charge in [-0.25, -0.2) is 0 Å². The third-order valence-electron chi connectivity index (χ3n) is 3.06. The molecule has 106 valence electrons. The standard InChI is InChI=1S/C15H22ClNO2/c1-4-6-11(7-5-2)15(18)17-13-10-12(16)8-9-14(13)19-3/h8-11H,4-7H2,1-3H3,(H,17,18). The topological polar surface area (TPSA) is 38.3 Å². The molecule has 19 heavy (non-hydrogen) atoms. The molecule has 0 saturated carbocycles. The second kappa shape index (κ2) is 8.05. The first kappa shape index (κ1) is 15.8. The molecule has 1 aromatic carbocycles. The van der Waals surface area contributed by atoms with Gasteiger partial charge in [0.25, 0.3) is 0 Å². The minimum Gasteiger partial charge on any atom is -0.495 e. The number of carbonyl (C=O) groups excluding carboxylic acids is 1. The fraction of sp³-hybridized carbons (Fsp3) is 0.533. The molecule has 0 unspecified atom stereocenters. The minimum atomic E-state index is 0.0456. The fourth-order valence-corrected chi connectivity index (χ4v) is 2.29. The van der Waals surface area contributed by atoms with Gasteiger partial charge in [0.1, 0.15) is 5.75 Å². The maximum absolute atomic E-state index is 12.3. The molecule has 0 aliphatic heterocycles. The third kappa shape index (κ3) is 4.75. The first-order valence-corrected chi connectivity index (χ1v) is 7.14. The number of benzene rings is 1. The quantitative estimate of drug-likeness (QED) is 0.800.